The molecule has 2 bridgehead atoms. The predicted octanol–water partition coefficient (Wildman–Crippen LogP) is 3.64. The molecule has 1 unspecified atom stereocenters. The molecule has 0 saturated carbocycles. The van der Waals surface area contributed by atoms with Crippen LogP contribution < -0.4 is 20.4 Å². The minimum atomic E-state index is -4.58. The number of aromatic nitrogens is 3. The topological polar surface area (TPSA) is 95.4 Å². The van der Waals surface area contributed by atoms with Gasteiger partial charge in [-0.2, -0.15) is 18.3 Å². The molecule has 3 aromatic rings. The first-order chi connectivity index (χ1) is 17.2. The summed E-state index contributed by atoms with van der Waals surface area (Å²) in [6.45, 7) is 2.70. The molecule has 5 rings (SSSR count). The van der Waals surface area contributed by atoms with E-state index in [1.54, 1.807) is 23.0 Å². The Morgan fingerprint density at radius 3 is 2.67 bits per heavy atom. The minimum absolute atomic E-state index is 0.191. The summed E-state index contributed by atoms with van der Waals surface area (Å²) in [6, 6.07) is 11.7. The quantitative estimate of drug-likeness (QED) is 0.559. The van der Waals surface area contributed by atoms with Gasteiger partial charge >= 0.3 is 12.2 Å². The van der Waals surface area contributed by atoms with E-state index in [1.807, 2.05) is 40.5 Å². The van der Waals surface area contributed by atoms with Crippen molar-refractivity contribution >= 4 is 29.3 Å². The number of rotatable bonds is 5. The second-order valence-corrected chi connectivity index (χ2v) is 8.85. The van der Waals surface area contributed by atoms with E-state index in [-0.39, 0.29) is 17.6 Å². The highest BCUT2D eigenvalue weighted by atomic mass is 19.4. The number of pyridine rings is 1. The fourth-order valence-electron chi connectivity index (χ4n) is 4.41. The number of nitrogens with one attached hydrogen (secondary N) is 2. The van der Waals surface area contributed by atoms with Crippen LogP contribution in [0.1, 0.15) is 29.4 Å². The van der Waals surface area contributed by atoms with Crippen LogP contribution in [0.25, 0.3) is 0 Å². The Labute approximate surface area is 204 Å². The number of benzene rings is 1. The highest BCUT2D eigenvalue weighted by molar-refractivity contribution is 6.05. The van der Waals surface area contributed by atoms with Gasteiger partial charge in [0.25, 0.3) is 5.91 Å². The van der Waals surface area contributed by atoms with E-state index < -0.39 is 24.2 Å². The third kappa shape index (κ3) is 4.70. The number of hydrogen-bond acceptors (Lipinski definition) is 5. The van der Waals surface area contributed by atoms with Gasteiger partial charge in [-0.1, -0.05) is 30.3 Å². The van der Waals surface area contributed by atoms with Gasteiger partial charge in [0.2, 0.25) is 0 Å². The van der Waals surface area contributed by atoms with Crippen molar-refractivity contribution in [1.29, 1.82) is 0 Å². The Hall–Kier alpha value is -4.09. The summed E-state index contributed by atoms with van der Waals surface area (Å²) < 4.78 is 40.4. The van der Waals surface area contributed by atoms with Crippen molar-refractivity contribution < 1.29 is 22.8 Å². The highest BCUT2D eigenvalue weighted by Crippen LogP contribution is 2.39. The molecular formula is C24H24F3N7O2. The fraction of sp³-hybridized carbons (Fsp3) is 0.333. The number of alkyl halides is 3. The summed E-state index contributed by atoms with van der Waals surface area (Å²) in [7, 11) is 0. The van der Waals surface area contributed by atoms with Gasteiger partial charge in [0.1, 0.15) is 11.7 Å². The van der Waals surface area contributed by atoms with Gasteiger partial charge in [-0.05, 0) is 31.0 Å². The van der Waals surface area contributed by atoms with Crippen LogP contribution in [0.15, 0.2) is 54.7 Å². The number of anilines is 3. The first-order valence-electron chi connectivity index (χ1n) is 11.5. The molecule has 2 N–H and O–H groups in total. The number of fused-ring (bicyclic) bond motifs is 4. The van der Waals surface area contributed by atoms with Crippen LogP contribution in [0.2, 0.25) is 0 Å². The maximum Gasteiger partial charge on any atom is 0.408 e. The first-order valence-corrected chi connectivity index (χ1v) is 11.5. The SMILES string of the molecule is CC(NC(=O)c1ccc2c(n1)N(C(=O)Nc1ccn(Cc3ccccc3)n1)[C@H]1CCN2C1)C(F)(F)F. The zero-order valence-corrected chi connectivity index (χ0v) is 19.4. The van der Waals surface area contributed by atoms with Crippen LogP contribution in [0.3, 0.4) is 0 Å². The molecule has 1 aromatic carbocycles. The van der Waals surface area contributed by atoms with E-state index >= 15 is 0 Å². The summed E-state index contributed by atoms with van der Waals surface area (Å²) in [6.07, 6.45) is -2.13. The van der Waals surface area contributed by atoms with Crippen LogP contribution in [-0.2, 0) is 6.54 Å². The largest absolute Gasteiger partial charge is 0.408 e. The monoisotopic (exact) mass is 499 g/mol. The second kappa shape index (κ2) is 9.17. The summed E-state index contributed by atoms with van der Waals surface area (Å²) in [4.78, 5) is 33.6. The maximum absolute atomic E-state index is 13.3. The van der Waals surface area contributed by atoms with Crippen LogP contribution >= 0.6 is 0 Å². The average Bonchev–Trinajstić information content (AvgIpc) is 3.46. The van der Waals surface area contributed by atoms with Gasteiger partial charge in [-0.25, -0.2) is 9.78 Å². The van der Waals surface area contributed by atoms with E-state index in [9.17, 15) is 22.8 Å². The van der Waals surface area contributed by atoms with Crippen molar-refractivity contribution in [3.63, 3.8) is 0 Å². The Morgan fingerprint density at radius 2 is 1.92 bits per heavy atom. The van der Waals surface area contributed by atoms with Gasteiger partial charge in [0.15, 0.2) is 11.6 Å². The number of hydrogen-bond donors (Lipinski definition) is 2. The van der Waals surface area contributed by atoms with Crippen LogP contribution in [0.4, 0.5) is 35.3 Å². The van der Waals surface area contributed by atoms with E-state index in [2.05, 4.69) is 15.4 Å². The smallest absolute Gasteiger partial charge is 0.366 e. The lowest BCUT2D eigenvalue weighted by Gasteiger charge is -2.35. The van der Waals surface area contributed by atoms with Crippen molar-refractivity contribution in [2.24, 2.45) is 0 Å². The number of carbonyl (C=O) groups is 2. The Morgan fingerprint density at radius 1 is 1.14 bits per heavy atom. The Bertz CT molecular complexity index is 1280. The minimum Gasteiger partial charge on any atom is -0.366 e. The van der Waals surface area contributed by atoms with Crippen molar-refractivity contribution in [1.82, 2.24) is 20.1 Å². The summed E-state index contributed by atoms with van der Waals surface area (Å²) in [5.74, 6) is -0.376. The molecule has 12 heteroatoms. The van der Waals surface area contributed by atoms with Gasteiger partial charge in [0.05, 0.1) is 18.3 Å². The van der Waals surface area contributed by atoms with Gasteiger partial charge in [-0.15, -0.1) is 0 Å². The van der Waals surface area contributed by atoms with Crippen molar-refractivity contribution in [3.8, 4) is 0 Å². The van der Waals surface area contributed by atoms with Gasteiger partial charge in [-0.3, -0.25) is 19.7 Å². The third-order valence-electron chi connectivity index (χ3n) is 6.31. The Balaban J connectivity index is 1.36. The Kier molecular flexibility index (Phi) is 6.02. The molecule has 2 atom stereocenters. The van der Waals surface area contributed by atoms with E-state index in [1.165, 1.54) is 11.0 Å². The zero-order valence-electron chi connectivity index (χ0n) is 19.4. The van der Waals surface area contributed by atoms with E-state index in [0.29, 0.717) is 37.6 Å². The number of amides is 3. The summed E-state index contributed by atoms with van der Waals surface area (Å²) in [5.41, 5.74) is 1.51. The molecule has 1 fully saturated rings. The van der Waals surface area contributed by atoms with Crippen molar-refractivity contribution in [2.45, 2.75) is 38.1 Å². The molecule has 1 saturated heterocycles. The third-order valence-corrected chi connectivity index (χ3v) is 6.31. The standard InChI is InChI=1S/C24H24F3N7O2/c1-15(24(25,26)27)28-22(35)18-7-8-19-21(29-18)34(17-9-11-32(19)14-17)23(36)30-20-10-12-33(31-20)13-16-5-3-2-4-6-16/h2-8,10,12,15,17H,9,11,13-14H2,1H3,(H,28,35)(H,30,31,36)/t15?,17-/m0/s1. The molecule has 188 valence electrons. The maximum atomic E-state index is 13.3. The lowest BCUT2D eigenvalue weighted by Crippen LogP contribution is -2.49. The highest BCUT2D eigenvalue weighted by Gasteiger charge is 2.41. The lowest BCUT2D eigenvalue weighted by molar-refractivity contribution is -0.149. The van der Waals surface area contributed by atoms with Crippen molar-refractivity contribution in [2.75, 3.05) is 28.2 Å². The van der Waals surface area contributed by atoms with Crippen LogP contribution in [0.5, 0.6) is 0 Å². The fourth-order valence-corrected chi connectivity index (χ4v) is 4.41. The molecule has 2 aliphatic rings. The molecule has 2 aromatic heterocycles. The lowest BCUT2D eigenvalue weighted by atomic mass is 10.1. The number of nitrogens with zero attached hydrogens (tertiary/aromatic N) is 5. The molecular weight excluding hydrogens is 475 g/mol. The molecule has 2 aliphatic heterocycles. The van der Waals surface area contributed by atoms with Crippen molar-refractivity contribution in [3.05, 3.63) is 66.0 Å². The number of halogens is 3. The molecule has 0 spiro atoms. The molecule has 3 amide bonds. The van der Waals surface area contributed by atoms with Gasteiger partial charge in [0, 0.05) is 25.4 Å². The molecule has 4 heterocycles. The summed E-state index contributed by atoms with van der Waals surface area (Å²) in [5, 5.41) is 9.12. The van der Waals surface area contributed by atoms with E-state index in [0.717, 1.165) is 12.5 Å². The number of urea groups is 1. The first kappa shape index (κ1) is 23.6. The van der Waals surface area contributed by atoms with Crippen LogP contribution in [0, 0.1) is 0 Å². The second-order valence-electron chi connectivity index (χ2n) is 8.85. The van der Waals surface area contributed by atoms with Crippen LogP contribution in [-0.4, -0.2) is 58.1 Å². The molecule has 0 radical (unpaired) electrons. The molecule has 36 heavy (non-hydrogen) atoms. The normalized spacial score (nSPS) is 17.5. The molecule has 0 aliphatic carbocycles. The van der Waals surface area contributed by atoms with Gasteiger partial charge < -0.3 is 10.2 Å². The predicted molar refractivity (Wildman–Crippen MR) is 127 cm³/mol. The molecule has 9 nitrogen and oxygen atoms in total. The summed E-state index contributed by atoms with van der Waals surface area (Å²) >= 11 is 0. The number of carbonyl (C=O) groups excluding carboxylic acids is 2. The average molecular weight is 499 g/mol. The zero-order chi connectivity index (χ0) is 25.4. The van der Waals surface area contributed by atoms with E-state index in [4.69, 9.17) is 0 Å².